The summed E-state index contributed by atoms with van der Waals surface area (Å²) in [5.41, 5.74) is -1.29. The van der Waals surface area contributed by atoms with E-state index in [1.54, 1.807) is 6.92 Å². The van der Waals surface area contributed by atoms with Crippen molar-refractivity contribution in [3.05, 3.63) is 47.5 Å². The molecule has 1 saturated heterocycles. The summed E-state index contributed by atoms with van der Waals surface area (Å²) in [6.45, 7) is 2.51. The van der Waals surface area contributed by atoms with Crippen LogP contribution in [-0.2, 0) is 21.6 Å². The van der Waals surface area contributed by atoms with E-state index in [1.807, 2.05) is 0 Å². The van der Waals surface area contributed by atoms with Crippen molar-refractivity contribution in [2.24, 2.45) is 12.5 Å². The van der Waals surface area contributed by atoms with E-state index in [4.69, 9.17) is 4.74 Å². The van der Waals surface area contributed by atoms with Crippen molar-refractivity contribution in [2.45, 2.75) is 18.2 Å². The first-order valence-electron chi connectivity index (χ1n) is 8.37. The van der Waals surface area contributed by atoms with Crippen LogP contribution in [0, 0.1) is 11.2 Å². The molecule has 0 saturated carbocycles. The Morgan fingerprint density at radius 1 is 1.32 bits per heavy atom. The minimum Gasteiger partial charge on any atom is -0.380 e. The number of hydrogen-bond donors (Lipinski definition) is 1. The van der Waals surface area contributed by atoms with E-state index in [0.29, 0.717) is 13.2 Å². The average molecular weight is 416 g/mol. The molecular formula is C18H19F3N2O4S. The summed E-state index contributed by atoms with van der Waals surface area (Å²) in [5.74, 6) is -1.89. The van der Waals surface area contributed by atoms with Crippen molar-refractivity contribution in [3.63, 3.8) is 0 Å². The average Bonchev–Trinajstić information content (AvgIpc) is 2.97. The molecule has 0 radical (unpaired) electrons. The zero-order valence-electron chi connectivity index (χ0n) is 15.2. The van der Waals surface area contributed by atoms with E-state index in [2.05, 4.69) is 5.32 Å². The highest BCUT2D eigenvalue weighted by atomic mass is 32.2. The lowest BCUT2D eigenvalue weighted by Gasteiger charge is -2.37. The highest BCUT2D eigenvalue weighted by molar-refractivity contribution is 7.91. The Morgan fingerprint density at radius 2 is 2.00 bits per heavy atom. The lowest BCUT2D eigenvalue weighted by Crippen LogP contribution is -2.45. The first-order valence-corrected chi connectivity index (χ1v) is 10.0. The van der Waals surface area contributed by atoms with Crippen LogP contribution < -0.4 is 5.32 Å². The number of anilines is 1. The summed E-state index contributed by atoms with van der Waals surface area (Å²) >= 11 is 0. The Morgan fingerprint density at radius 3 is 2.57 bits per heavy atom. The zero-order chi connectivity index (χ0) is 20.7. The van der Waals surface area contributed by atoms with Crippen molar-refractivity contribution in [3.8, 4) is 0 Å². The maximum atomic E-state index is 13.4. The highest BCUT2D eigenvalue weighted by Crippen LogP contribution is 2.31. The van der Waals surface area contributed by atoms with Crippen molar-refractivity contribution in [1.29, 1.82) is 0 Å². The Kier molecular flexibility index (Phi) is 5.28. The third-order valence-corrected chi connectivity index (χ3v) is 6.52. The molecule has 6 nitrogen and oxygen atoms in total. The fourth-order valence-corrected chi connectivity index (χ4v) is 4.85. The summed E-state index contributed by atoms with van der Waals surface area (Å²) in [6, 6.07) is 4.05. The van der Waals surface area contributed by atoms with Gasteiger partial charge in [0.25, 0.3) is 12.3 Å². The number of nitrogens with one attached hydrogen (secondary N) is 1. The topological polar surface area (TPSA) is 77.4 Å². The van der Waals surface area contributed by atoms with Crippen LogP contribution >= 0.6 is 0 Å². The quantitative estimate of drug-likeness (QED) is 0.785. The number of carbonyl (C=O) groups excluding carboxylic acids is 1. The van der Waals surface area contributed by atoms with Crippen LogP contribution in [0.5, 0.6) is 0 Å². The molecule has 0 bridgehead atoms. The van der Waals surface area contributed by atoms with Crippen LogP contribution in [0.3, 0.4) is 0 Å². The number of aryl methyl sites for hydroxylation is 1. The number of nitrogens with zero attached hydrogens (tertiary/aromatic N) is 1. The zero-order valence-corrected chi connectivity index (χ0v) is 16.0. The SMILES string of the molecule is Cn1cc(S(=O)(=O)CC2(C)COC2)cc1C(=O)Nc1ccc(F)c(C(F)F)c1. The Labute approximate surface area is 160 Å². The largest absolute Gasteiger partial charge is 0.380 e. The molecule has 0 atom stereocenters. The molecule has 1 aromatic carbocycles. The molecule has 10 heteroatoms. The van der Waals surface area contributed by atoms with Crippen molar-refractivity contribution >= 4 is 21.4 Å². The van der Waals surface area contributed by atoms with Crippen LogP contribution in [0.1, 0.15) is 29.4 Å². The Bertz CT molecular complexity index is 1010. The molecule has 2 heterocycles. The van der Waals surface area contributed by atoms with Crippen molar-refractivity contribution < 1.29 is 31.1 Å². The molecular weight excluding hydrogens is 397 g/mol. The minimum absolute atomic E-state index is 0.0133. The Hall–Kier alpha value is -2.33. The fourth-order valence-electron chi connectivity index (χ4n) is 2.99. The normalized spacial score (nSPS) is 16.1. The summed E-state index contributed by atoms with van der Waals surface area (Å²) in [5, 5.41) is 2.38. The van der Waals surface area contributed by atoms with Gasteiger partial charge in [0.05, 0.1) is 29.4 Å². The molecule has 0 aliphatic carbocycles. The summed E-state index contributed by atoms with van der Waals surface area (Å²) in [4.78, 5) is 12.5. The molecule has 1 fully saturated rings. The van der Waals surface area contributed by atoms with Gasteiger partial charge in [-0.25, -0.2) is 21.6 Å². The molecule has 0 spiro atoms. The highest BCUT2D eigenvalue weighted by Gasteiger charge is 2.39. The molecule has 1 N–H and O–H groups in total. The van der Waals surface area contributed by atoms with Crippen molar-refractivity contribution in [1.82, 2.24) is 4.57 Å². The smallest absolute Gasteiger partial charge is 0.272 e. The number of hydrogen-bond acceptors (Lipinski definition) is 4. The minimum atomic E-state index is -3.64. The van der Waals surface area contributed by atoms with Gasteiger partial charge >= 0.3 is 0 Å². The standard InChI is InChI=1S/C18H19F3N2O4S/c1-18(8-27-9-18)10-28(25,26)12-6-15(23(2)7-12)17(24)22-11-3-4-14(19)13(5-11)16(20)21/h3-7,16H,8-10H2,1-2H3,(H,22,24). The summed E-state index contributed by atoms with van der Waals surface area (Å²) in [6.07, 6.45) is -1.71. The van der Waals surface area contributed by atoms with Gasteiger partial charge in [0.1, 0.15) is 11.5 Å². The molecule has 1 aliphatic rings. The first-order chi connectivity index (χ1) is 13.0. The summed E-state index contributed by atoms with van der Waals surface area (Å²) < 4.78 is 70.6. The second-order valence-corrected chi connectivity index (χ2v) is 9.22. The second-order valence-electron chi connectivity index (χ2n) is 7.23. The molecule has 28 heavy (non-hydrogen) atoms. The second kappa shape index (κ2) is 7.25. The number of carbonyl (C=O) groups is 1. The van der Waals surface area contributed by atoms with Gasteiger partial charge in [-0.05, 0) is 24.3 Å². The molecule has 2 aromatic rings. The van der Waals surface area contributed by atoms with Gasteiger partial charge in [-0.3, -0.25) is 4.79 Å². The number of ether oxygens (including phenoxy) is 1. The van der Waals surface area contributed by atoms with E-state index in [1.165, 1.54) is 23.9 Å². The van der Waals surface area contributed by atoms with Gasteiger partial charge in [0, 0.05) is 24.3 Å². The lowest BCUT2D eigenvalue weighted by atomic mass is 9.92. The van der Waals surface area contributed by atoms with Crippen LogP contribution in [0.15, 0.2) is 35.4 Å². The fraction of sp³-hybridized carbons (Fsp3) is 0.389. The van der Waals surface area contributed by atoms with E-state index < -0.39 is 39.0 Å². The van der Waals surface area contributed by atoms with E-state index in [-0.39, 0.29) is 22.0 Å². The van der Waals surface area contributed by atoms with Crippen molar-refractivity contribution in [2.75, 3.05) is 24.3 Å². The molecule has 152 valence electrons. The van der Waals surface area contributed by atoms with Crippen LogP contribution in [0.25, 0.3) is 0 Å². The number of rotatable bonds is 6. The molecule has 3 rings (SSSR count). The van der Waals surface area contributed by atoms with Gasteiger partial charge in [0.15, 0.2) is 9.84 Å². The van der Waals surface area contributed by atoms with Crippen LogP contribution in [0.4, 0.5) is 18.9 Å². The number of amides is 1. The van der Waals surface area contributed by atoms with Gasteiger partial charge in [-0.15, -0.1) is 0 Å². The number of sulfone groups is 1. The lowest BCUT2D eigenvalue weighted by molar-refractivity contribution is -0.0870. The number of aromatic nitrogens is 1. The maximum absolute atomic E-state index is 13.4. The molecule has 1 amide bonds. The Balaban J connectivity index is 1.81. The number of alkyl halides is 2. The molecule has 0 unspecified atom stereocenters. The predicted molar refractivity (Wildman–Crippen MR) is 95.7 cm³/mol. The number of benzene rings is 1. The van der Waals surface area contributed by atoms with E-state index >= 15 is 0 Å². The molecule has 1 aromatic heterocycles. The van der Waals surface area contributed by atoms with Crippen LogP contribution in [-0.4, -0.2) is 37.9 Å². The maximum Gasteiger partial charge on any atom is 0.272 e. The first kappa shape index (κ1) is 20.4. The van der Waals surface area contributed by atoms with Gasteiger partial charge in [0.2, 0.25) is 0 Å². The van der Waals surface area contributed by atoms with Crippen LogP contribution in [0.2, 0.25) is 0 Å². The third kappa shape index (κ3) is 4.07. The number of halogens is 3. The summed E-state index contributed by atoms with van der Waals surface area (Å²) in [7, 11) is -2.14. The third-order valence-electron chi connectivity index (χ3n) is 4.50. The monoisotopic (exact) mass is 416 g/mol. The van der Waals surface area contributed by atoms with Gasteiger partial charge in [-0.2, -0.15) is 0 Å². The van der Waals surface area contributed by atoms with E-state index in [0.717, 1.165) is 18.2 Å². The van der Waals surface area contributed by atoms with Gasteiger partial charge in [-0.1, -0.05) is 6.92 Å². The molecule has 1 aliphatic heterocycles. The predicted octanol–water partition coefficient (Wildman–Crippen LogP) is 3.16. The van der Waals surface area contributed by atoms with Gasteiger partial charge < -0.3 is 14.6 Å². The van der Waals surface area contributed by atoms with E-state index in [9.17, 15) is 26.4 Å².